The number of para-hydroxylation sites is 1. The Morgan fingerprint density at radius 3 is 2.58 bits per heavy atom. The molecule has 0 saturated heterocycles. The molecule has 0 radical (unpaired) electrons. The van der Waals surface area contributed by atoms with Crippen LogP contribution in [-0.4, -0.2) is 28.1 Å². The molecule has 0 spiro atoms. The monoisotopic (exact) mass is 265 g/mol. The summed E-state index contributed by atoms with van der Waals surface area (Å²) in [4.78, 5) is 22.8. The molecule has 19 heavy (non-hydrogen) atoms. The van der Waals surface area contributed by atoms with E-state index in [2.05, 4.69) is 5.32 Å². The zero-order valence-corrected chi connectivity index (χ0v) is 10.9. The number of carboxylic acids is 1. The van der Waals surface area contributed by atoms with Gasteiger partial charge in [0.1, 0.15) is 11.8 Å². The number of unbranched alkanes of at least 4 members (excludes halogenated alkanes) is 1. The lowest BCUT2D eigenvalue weighted by atomic mass is 10.1. The van der Waals surface area contributed by atoms with Crippen molar-refractivity contribution in [2.45, 2.75) is 38.6 Å². The number of aliphatic carboxylic acids is 1. The number of carboxylic acid groups (broad SMARTS) is 1. The molecule has 104 valence electrons. The highest BCUT2D eigenvalue weighted by Crippen LogP contribution is 2.16. The molecule has 0 bridgehead atoms. The van der Waals surface area contributed by atoms with Crippen molar-refractivity contribution >= 4 is 11.9 Å². The Morgan fingerprint density at radius 1 is 1.32 bits per heavy atom. The third kappa shape index (κ3) is 4.99. The largest absolute Gasteiger partial charge is 0.508 e. The summed E-state index contributed by atoms with van der Waals surface area (Å²) in [6.45, 7) is 1.96. The van der Waals surface area contributed by atoms with Crippen LogP contribution in [0.4, 0.5) is 0 Å². The maximum absolute atomic E-state index is 11.8. The molecular formula is C14H19NO4. The number of hydrogen-bond acceptors (Lipinski definition) is 3. The fourth-order valence-electron chi connectivity index (χ4n) is 1.74. The predicted octanol–water partition coefficient (Wildman–Crippen LogP) is 1.69. The average molecular weight is 265 g/mol. The summed E-state index contributed by atoms with van der Waals surface area (Å²) in [5.41, 5.74) is 0.486. The van der Waals surface area contributed by atoms with Crippen LogP contribution < -0.4 is 5.32 Å². The van der Waals surface area contributed by atoms with E-state index in [-0.39, 0.29) is 12.2 Å². The number of amides is 1. The quantitative estimate of drug-likeness (QED) is 0.700. The van der Waals surface area contributed by atoms with Gasteiger partial charge in [-0.2, -0.15) is 0 Å². The molecule has 1 amide bonds. The molecule has 0 fully saturated rings. The second-order valence-electron chi connectivity index (χ2n) is 4.41. The van der Waals surface area contributed by atoms with Crippen molar-refractivity contribution in [3.63, 3.8) is 0 Å². The first-order valence-electron chi connectivity index (χ1n) is 6.33. The van der Waals surface area contributed by atoms with Crippen molar-refractivity contribution < 1.29 is 19.8 Å². The summed E-state index contributed by atoms with van der Waals surface area (Å²) < 4.78 is 0. The topological polar surface area (TPSA) is 86.6 Å². The van der Waals surface area contributed by atoms with Crippen molar-refractivity contribution in [1.29, 1.82) is 0 Å². The summed E-state index contributed by atoms with van der Waals surface area (Å²) in [7, 11) is 0. The van der Waals surface area contributed by atoms with Crippen molar-refractivity contribution in [3.8, 4) is 5.75 Å². The highest BCUT2D eigenvalue weighted by Gasteiger charge is 2.19. The molecule has 1 aromatic carbocycles. The first-order chi connectivity index (χ1) is 9.04. The van der Waals surface area contributed by atoms with Crippen LogP contribution in [0.1, 0.15) is 31.7 Å². The van der Waals surface area contributed by atoms with E-state index in [0.717, 1.165) is 12.8 Å². The van der Waals surface area contributed by atoms with Crippen LogP contribution in [0, 0.1) is 0 Å². The molecule has 1 atom stereocenters. The van der Waals surface area contributed by atoms with E-state index in [1.54, 1.807) is 18.2 Å². The Balaban J connectivity index is 2.58. The molecule has 5 heteroatoms. The Morgan fingerprint density at radius 2 is 2.00 bits per heavy atom. The Hall–Kier alpha value is -2.04. The average Bonchev–Trinajstić information content (AvgIpc) is 2.37. The van der Waals surface area contributed by atoms with Crippen LogP contribution in [-0.2, 0) is 16.0 Å². The molecule has 5 nitrogen and oxygen atoms in total. The van der Waals surface area contributed by atoms with Gasteiger partial charge in [-0.25, -0.2) is 4.79 Å². The van der Waals surface area contributed by atoms with Crippen molar-refractivity contribution in [1.82, 2.24) is 5.32 Å². The predicted molar refractivity (Wildman–Crippen MR) is 70.9 cm³/mol. The Bertz CT molecular complexity index is 445. The van der Waals surface area contributed by atoms with Crippen LogP contribution in [0.2, 0.25) is 0 Å². The molecule has 3 N–H and O–H groups in total. The van der Waals surface area contributed by atoms with Crippen molar-refractivity contribution in [2.24, 2.45) is 0 Å². The smallest absolute Gasteiger partial charge is 0.326 e. The van der Waals surface area contributed by atoms with Crippen molar-refractivity contribution in [2.75, 3.05) is 0 Å². The number of phenolic OH excluding ortho intramolecular Hbond substituents is 1. The van der Waals surface area contributed by atoms with Gasteiger partial charge >= 0.3 is 5.97 Å². The van der Waals surface area contributed by atoms with Crippen LogP contribution in [0.5, 0.6) is 5.75 Å². The maximum atomic E-state index is 11.8. The van der Waals surface area contributed by atoms with Crippen LogP contribution in [0.15, 0.2) is 24.3 Å². The molecular weight excluding hydrogens is 246 g/mol. The highest BCUT2D eigenvalue weighted by atomic mass is 16.4. The lowest BCUT2D eigenvalue weighted by Gasteiger charge is -2.14. The van der Waals surface area contributed by atoms with E-state index in [1.807, 2.05) is 6.92 Å². The van der Waals surface area contributed by atoms with E-state index in [1.165, 1.54) is 6.07 Å². The number of phenols is 1. The molecule has 1 aromatic rings. The molecule has 0 heterocycles. The molecule has 0 aromatic heterocycles. The van der Waals surface area contributed by atoms with Gasteiger partial charge in [0, 0.05) is 5.56 Å². The van der Waals surface area contributed by atoms with Gasteiger partial charge in [0.2, 0.25) is 5.91 Å². The summed E-state index contributed by atoms with van der Waals surface area (Å²) in [5.74, 6) is -1.39. The van der Waals surface area contributed by atoms with Gasteiger partial charge in [-0.3, -0.25) is 4.79 Å². The minimum absolute atomic E-state index is 0.0252. The van der Waals surface area contributed by atoms with Gasteiger partial charge in [-0.05, 0) is 12.5 Å². The molecule has 1 rings (SSSR count). The first-order valence-corrected chi connectivity index (χ1v) is 6.33. The summed E-state index contributed by atoms with van der Waals surface area (Å²) in [6, 6.07) is 5.65. The van der Waals surface area contributed by atoms with E-state index in [0.29, 0.717) is 12.0 Å². The maximum Gasteiger partial charge on any atom is 0.326 e. The number of carbonyl (C=O) groups is 2. The second kappa shape index (κ2) is 7.41. The molecule has 0 aliphatic rings. The van der Waals surface area contributed by atoms with Crippen LogP contribution in [0.3, 0.4) is 0 Å². The lowest BCUT2D eigenvalue weighted by molar-refractivity contribution is -0.142. The second-order valence-corrected chi connectivity index (χ2v) is 4.41. The Kier molecular flexibility index (Phi) is 5.85. The minimum Gasteiger partial charge on any atom is -0.508 e. The third-order valence-corrected chi connectivity index (χ3v) is 2.82. The van der Waals surface area contributed by atoms with Crippen molar-refractivity contribution in [3.05, 3.63) is 29.8 Å². The highest BCUT2D eigenvalue weighted by molar-refractivity contribution is 5.85. The van der Waals surface area contributed by atoms with E-state index >= 15 is 0 Å². The number of nitrogens with one attached hydrogen (secondary N) is 1. The van der Waals surface area contributed by atoms with Gasteiger partial charge in [0.15, 0.2) is 0 Å². The van der Waals surface area contributed by atoms with Gasteiger partial charge in [-0.15, -0.1) is 0 Å². The third-order valence-electron chi connectivity index (χ3n) is 2.82. The number of carbonyl (C=O) groups excluding carboxylic acids is 1. The zero-order chi connectivity index (χ0) is 14.3. The number of benzene rings is 1. The standard InChI is InChI=1S/C14H19NO4/c1-2-3-7-11(14(18)19)15-13(17)9-10-6-4-5-8-12(10)16/h4-6,8,11,16H,2-3,7,9H2,1H3,(H,15,17)(H,18,19). The molecule has 0 aliphatic heterocycles. The lowest BCUT2D eigenvalue weighted by Crippen LogP contribution is -2.41. The molecule has 0 saturated carbocycles. The SMILES string of the molecule is CCCCC(NC(=O)Cc1ccccc1O)C(=O)O. The summed E-state index contributed by atoms with van der Waals surface area (Å²) >= 11 is 0. The van der Waals surface area contributed by atoms with Gasteiger partial charge in [0.05, 0.1) is 6.42 Å². The fraction of sp³-hybridized carbons (Fsp3) is 0.429. The molecule has 1 unspecified atom stereocenters. The minimum atomic E-state index is -1.03. The molecule has 0 aliphatic carbocycles. The normalized spacial score (nSPS) is 11.8. The van der Waals surface area contributed by atoms with Gasteiger partial charge in [0.25, 0.3) is 0 Å². The number of aromatic hydroxyl groups is 1. The van der Waals surface area contributed by atoms with Gasteiger partial charge < -0.3 is 15.5 Å². The fourth-order valence-corrected chi connectivity index (χ4v) is 1.74. The van der Waals surface area contributed by atoms with Crippen LogP contribution >= 0.6 is 0 Å². The number of hydrogen-bond donors (Lipinski definition) is 3. The van der Waals surface area contributed by atoms with E-state index in [4.69, 9.17) is 5.11 Å². The summed E-state index contributed by atoms with van der Waals surface area (Å²) in [5, 5.41) is 21.0. The Labute approximate surface area is 112 Å². The van der Waals surface area contributed by atoms with Crippen LogP contribution in [0.25, 0.3) is 0 Å². The number of rotatable bonds is 7. The van der Waals surface area contributed by atoms with E-state index < -0.39 is 17.9 Å². The zero-order valence-electron chi connectivity index (χ0n) is 10.9. The first kappa shape index (κ1) is 15.0. The summed E-state index contributed by atoms with van der Waals surface area (Å²) in [6.07, 6.45) is 2.01. The van der Waals surface area contributed by atoms with Gasteiger partial charge in [-0.1, -0.05) is 38.0 Å². The van der Waals surface area contributed by atoms with E-state index in [9.17, 15) is 14.7 Å².